The minimum absolute atomic E-state index is 0.0440. The van der Waals surface area contributed by atoms with Crippen molar-refractivity contribution in [2.45, 2.75) is 18.4 Å². The third kappa shape index (κ3) is 6.74. The molecule has 33 heavy (non-hydrogen) atoms. The molecule has 0 aliphatic carbocycles. The summed E-state index contributed by atoms with van der Waals surface area (Å²) in [6.45, 7) is 1.60. The van der Waals surface area contributed by atoms with E-state index in [0.29, 0.717) is 11.3 Å². The molecule has 172 valence electrons. The Morgan fingerprint density at radius 3 is 2.39 bits per heavy atom. The normalized spacial score (nSPS) is 11.6. The number of ether oxygens (including phenoxy) is 1. The quantitative estimate of drug-likeness (QED) is 0.333. The highest BCUT2D eigenvalue weighted by atomic mass is 79.9. The van der Waals surface area contributed by atoms with Crippen molar-refractivity contribution in [3.8, 4) is 5.75 Å². The van der Waals surface area contributed by atoms with Crippen LogP contribution in [0.5, 0.6) is 5.75 Å². The van der Waals surface area contributed by atoms with Gasteiger partial charge in [0.1, 0.15) is 5.75 Å². The summed E-state index contributed by atoms with van der Waals surface area (Å²) >= 11 is 3.31. The van der Waals surface area contributed by atoms with Crippen molar-refractivity contribution in [2.75, 3.05) is 13.7 Å². The number of nitrogens with zero attached hydrogens (tertiary/aromatic N) is 2. The van der Waals surface area contributed by atoms with Crippen LogP contribution in [0.3, 0.4) is 0 Å². The fourth-order valence-electron chi connectivity index (χ4n) is 3.02. The molecule has 9 heteroatoms. The van der Waals surface area contributed by atoms with Crippen molar-refractivity contribution >= 4 is 38.1 Å². The molecule has 0 aromatic heterocycles. The average molecular weight is 530 g/mol. The molecular formula is C24H24BrN3O4S. The minimum Gasteiger partial charge on any atom is -0.496 e. The lowest BCUT2D eigenvalue weighted by molar-refractivity contribution is -0.121. The van der Waals surface area contributed by atoms with E-state index in [2.05, 4.69) is 26.5 Å². The first kappa shape index (κ1) is 24.6. The first-order valence-corrected chi connectivity index (χ1v) is 12.3. The Morgan fingerprint density at radius 1 is 1.06 bits per heavy atom. The molecule has 1 amide bonds. The number of hydrogen-bond acceptors (Lipinski definition) is 5. The molecule has 0 saturated carbocycles. The highest BCUT2D eigenvalue weighted by Crippen LogP contribution is 2.21. The first-order chi connectivity index (χ1) is 15.8. The molecule has 3 aromatic rings. The molecule has 0 unspecified atom stereocenters. The highest BCUT2D eigenvalue weighted by Gasteiger charge is 2.27. The molecule has 0 fully saturated rings. The number of aryl methyl sites for hydroxylation is 1. The number of nitrogens with one attached hydrogen (secondary N) is 1. The van der Waals surface area contributed by atoms with E-state index in [1.807, 2.05) is 43.3 Å². The van der Waals surface area contributed by atoms with Crippen LogP contribution in [0.2, 0.25) is 0 Å². The van der Waals surface area contributed by atoms with Gasteiger partial charge in [0.2, 0.25) is 10.0 Å². The number of rotatable bonds is 9. The number of sulfonamides is 1. The van der Waals surface area contributed by atoms with E-state index in [1.165, 1.54) is 18.3 Å². The van der Waals surface area contributed by atoms with E-state index in [4.69, 9.17) is 4.74 Å². The second-order valence-corrected chi connectivity index (χ2v) is 10.1. The maximum Gasteiger partial charge on any atom is 0.255 e. The lowest BCUT2D eigenvalue weighted by Crippen LogP contribution is -2.39. The van der Waals surface area contributed by atoms with Crippen molar-refractivity contribution in [3.63, 3.8) is 0 Å². The van der Waals surface area contributed by atoms with E-state index in [-0.39, 0.29) is 11.4 Å². The summed E-state index contributed by atoms with van der Waals surface area (Å²) in [5.74, 6) is 0.0447. The van der Waals surface area contributed by atoms with Gasteiger partial charge in [0.25, 0.3) is 5.91 Å². The summed E-state index contributed by atoms with van der Waals surface area (Å²) < 4.78 is 33.8. The maximum absolute atomic E-state index is 13.3. The van der Waals surface area contributed by atoms with Gasteiger partial charge in [-0.1, -0.05) is 57.9 Å². The number of para-hydroxylation sites is 1. The van der Waals surface area contributed by atoms with Crippen molar-refractivity contribution in [1.82, 2.24) is 9.73 Å². The van der Waals surface area contributed by atoms with Crippen LogP contribution >= 0.6 is 15.9 Å². The number of carbonyl (C=O) groups is 1. The lowest BCUT2D eigenvalue weighted by Gasteiger charge is -2.21. The van der Waals surface area contributed by atoms with E-state index in [1.54, 1.807) is 31.4 Å². The Bertz CT molecular complexity index is 1230. The molecule has 0 spiro atoms. The number of methoxy groups -OCH3 is 1. The van der Waals surface area contributed by atoms with E-state index in [0.717, 1.165) is 19.9 Å². The number of amides is 1. The van der Waals surface area contributed by atoms with Gasteiger partial charge < -0.3 is 4.74 Å². The fourth-order valence-corrected chi connectivity index (χ4v) is 4.67. The SMILES string of the molecule is COc1ccccc1/C=N\NC(=O)CN(Cc1ccc(C)cc1)S(=O)(=O)c1ccc(Br)cc1. The first-order valence-electron chi connectivity index (χ1n) is 10.1. The van der Waals surface area contributed by atoms with Crippen LogP contribution < -0.4 is 10.2 Å². The Morgan fingerprint density at radius 2 is 1.73 bits per heavy atom. The largest absolute Gasteiger partial charge is 0.496 e. The molecule has 0 aliphatic rings. The summed E-state index contributed by atoms with van der Waals surface area (Å²) in [6, 6.07) is 21.0. The van der Waals surface area contributed by atoms with Gasteiger partial charge in [0, 0.05) is 16.6 Å². The Labute approximate surface area is 202 Å². The second-order valence-electron chi connectivity index (χ2n) is 7.25. The van der Waals surface area contributed by atoms with Crippen molar-refractivity contribution < 1.29 is 17.9 Å². The Kier molecular flexibility index (Phi) is 8.37. The van der Waals surface area contributed by atoms with Crippen LogP contribution in [0.25, 0.3) is 0 Å². The van der Waals surface area contributed by atoms with Gasteiger partial charge in [-0.3, -0.25) is 4.79 Å². The zero-order valence-corrected chi connectivity index (χ0v) is 20.6. The standard InChI is InChI=1S/C24H24BrN3O4S/c1-18-7-9-19(10-8-18)16-28(33(30,31)22-13-11-21(25)12-14-22)17-24(29)27-26-15-20-5-3-4-6-23(20)32-2/h3-15H,16-17H2,1-2H3,(H,27,29)/b26-15-. The van der Waals surface area contributed by atoms with Gasteiger partial charge in [0.15, 0.2) is 0 Å². The van der Waals surface area contributed by atoms with Crippen LogP contribution in [0.1, 0.15) is 16.7 Å². The van der Waals surface area contributed by atoms with Crippen LogP contribution in [0.4, 0.5) is 0 Å². The third-order valence-electron chi connectivity index (χ3n) is 4.78. The smallest absolute Gasteiger partial charge is 0.255 e. The Balaban J connectivity index is 1.79. The van der Waals surface area contributed by atoms with Gasteiger partial charge >= 0.3 is 0 Å². The zero-order valence-electron chi connectivity index (χ0n) is 18.2. The number of hydrogen-bond donors (Lipinski definition) is 1. The van der Waals surface area contributed by atoms with Gasteiger partial charge in [0.05, 0.1) is 24.8 Å². The fraction of sp³-hybridized carbons (Fsp3) is 0.167. The third-order valence-corrected chi connectivity index (χ3v) is 7.12. The van der Waals surface area contributed by atoms with Gasteiger partial charge in [-0.25, -0.2) is 13.8 Å². The van der Waals surface area contributed by atoms with Gasteiger partial charge in [-0.15, -0.1) is 0 Å². The molecule has 0 saturated heterocycles. The highest BCUT2D eigenvalue weighted by molar-refractivity contribution is 9.10. The summed E-state index contributed by atoms with van der Waals surface area (Å²) in [7, 11) is -2.39. The molecule has 3 aromatic carbocycles. The molecule has 0 bridgehead atoms. The summed E-state index contributed by atoms with van der Waals surface area (Å²) in [4.78, 5) is 12.7. The molecule has 0 atom stereocenters. The van der Waals surface area contributed by atoms with Crippen LogP contribution in [0.15, 0.2) is 87.3 Å². The minimum atomic E-state index is -3.93. The Hall–Kier alpha value is -3.01. The van der Waals surface area contributed by atoms with Gasteiger partial charge in [-0.05, 0) is 48.9 Å². The van der Waals surface area contributed by atoms with E-state index < -0.39 is 22.5 Å². The van der Waals surface area contributed by atoms with Crippen molar-refractivity contribution in [2.24, 2.45) is 5.10 Å². The van der Waals surface area contributed by atoms with Gasteiger partial charge in [-0.2, -0.15) is 9.41 Å². The molecular weight excluding hydrogens is 506 g/mol. The summed E-state index contributed by atoms with van der Waals surface area (Å²) in [5, 5.41) is 3.96. The van der Waals surface area contributed by atoms with E-state index >= 15 is 0 Å². The average Bonchev–Trinajstić information content (AvgIpc) is 2.80. The number of hydrazone groups is 1. The summed E-state index contributed by atoms with van der Waals surface area (Å²) in [6.07, 6.45) is 1.45. The van der Waals surface area contributed by atoms with E-state index in [9.17, 15) is 13.2 Å². The number of halogens is 1. The predicted octanol–water partition coefficient (Wildman–Crippen LogP) is 4.11. The van der Waals surface area contributed by atoms with Crippen LogP contribution in [-0.4, -0.2) is 38.5 Å². The van der Waals surface area contributed by atoms with Crippen LogP contribution in [-0.2, 0) is 21.4 Å². The molecule has 0 heterocycles. The van der Waals surface area contributed by atoms with Crippen molar-refractivity contribution in [1.29, 1.82) is 0 Å². The molecule has 7 nitrogen and oxygen atoms in total. The molecule has 0 aliphatic heterocycles. The zero-order chi connectivity index (χ0) is 23.8. The molecule has 0 radical (unpaired) electrons. The predicted molar refractivity (Wildman–Crippen MR) is 132 cm³/mol. The monoisotopic (exact) mass is 529 g/mol. The second kappa shape index (κ2) is 11.2. The topological polar surface area (TPSA) is 88.1 Å². The number of carbonyl (C=O) groups excluding carboxylic acids is 1. The molecule has 1 N–H and O–H groups in total. The van der Waals surface area contributed by atoms with Crippen LogP contribution in [0, 0.1) is 6.92 Å². The lowest BCUT2D eigenvalue weighted by atomic mass is 10.1. The maximum atomic E-state index is 13.3. The molecule has 3 rings (SSSR count). The number of benzene rings is 3. The van der Waals surface area contributed by atoms with Crippen molar-refractivity contribution in [3.05, 3.63) is 94.0 Å². The summed E-state index contributed by atoms with van der Waals surface area (Å²) in [5.41, 5.74) is 4.91.